The Hall–Kier alpha value is -2.23. The van der Waals surface area contributed by atoms with Crippen molar-refractivity contribution in [1.82, 2.24) is 0 Å². The zero-order valence-corrected chi connectivity index (χ0v) is 9.34. The van der Waals surface area contributed by atoms with Crippen molar-refractivity contribution in [3.8, 4) is 5.75 Å². The largest absolute Gasteiger partial charge is 0.485 e. The van der Waals surface area contributed by atoms with Crippen molar-refractivity contribution >= 4 is 5.97 Å². The maximum atomic E-state index is 11.0. The molecule has 0 aliphatic carbocycles. The summed E-state index contributed by atoms with van der Waals surface area (Å²) in [6.45, 7) is 2.10. The van der Waals surface area contributed by atoms with E-state index in [2.05, 4.69) is 0 Å². The van der Waals surface area contributed by atoms with Crippen LogP contribution >= 0.6 is 0 Å². The minimum absolute atomic E-state index is 0.155. The molecular formula is C13H12O4. The summed E-state index contributed by atoms with van der Waals surface area (Å²) < 4.78 is 10.6. The summed E-state index contributed by atoms with van der Waals surface area (Å²) in [5.74, 6) is 0.0104. The van der Waals surface area contributed by atoms with Gasteiger partial charge in [0.05, 0.1) is 6.26 Å². The Bertz CT molecular complexity index is 514. The molecule has 1 N–H and O–H groups in total. The van der Waals surface area contributed by atoms with E-state index >= 15 is 0 Å². The maximum absolute atomic E-state index is 11.0. The molecule has 0 unspecified atom stereocenters. The molecule has 2 rings (SSSR count). The topological polar surface area (TPSA) is 59.7 Å². The number of carboxylic acids is 1. The summed E-state index contributed by atoms with van der Waals surface area (Å²) in [5.41, 5.74) is 1.10. The van der Waals surface area contributed by atoms with E-state index in [9.17, 15) is 4.79 Å². The number of hydrogen-bond acceptors (Lipinski definition) is 3. The summed E-state index contributed by atoms with van der Waals surface area (Å²) in [6, 6.07) is 8.51. The number of furan rings is 1. The summed E-state index contributed by atoms with van der Waals surface area (Å²) in [5, 5.41) is 9.01. The predicted octanol–water partition coefficient (Wildman–Crippen LogP) is 2.87. The van der Waals surface area contributed by atoms with Crippen molar-refractivity contribution in [1.29, 1.82) is 0 Å². The molecule has 1 aromatic carbocycles. The van der Waals surface area contributed by atoms with Gasteiger partial charge in [-0.25, -0.2) is 4.79 Å². The number of ether oxygens (including phenoxy) is 1. The van der Waals surface area contributed by atoms with E-state index in [0.29, 0.717) is 11.5 Å². The van der Waals surface area contributed by atoms with Crippen molar-refractivity contribution in [2.24, 2.45) is 0 Å². The highest BCUT2D eigenvalue weighted by Gasteiger charge is 2.11. The Balaban J connectivity index is 2.19. The number of carbonyl (C=O) groups is 1. The third kappa shape index (κ3) is 2.66. The molecule has 0 aliphatic heterocycles. The molecule has 0 fully saturated rings. The molecule has 4 heteroatoms. The van der Waals surface area contributed by atoms with Gasteiger partial charge in [0, 0.05) is 0 Å². The van der Waals surface area contributed by atoms with Gasteiger partial charge in [0.15, 0.2) is 0 Å². The van der Waals surface area contributed by atoms with E-state index in [1.807, 2.05) is 6.92 Å². The summed E-state index contributed by atoms with van der Waals surface area (Å²) >= 11 is 0. The minimum atomic E-state index is -1.00. The summed E-state index contributed by atoms with van der Waals surface area (Å²) in [7, 11) is 0. The molecule has 0 saturated carbocycles. The van der Waals surface area contributed by atoms with Crippen LogP contribution in [0.5, 0.6) is 5.75 Å². The highest BCUT2D eigenvalue weighted by molar-refractivity contribution is 5.90. The van der Waals surface area contributed by atoms with Gasteiger partial charge in [-0.1, -0.05) is 6.07 Å². The number of carboxylic acid groups (broad SMARTS) is 1. The molecule has 0 radical (unpaired) electrons. The van der Waals surface area contributed by atoms with E-state index in [-0.39, 0.29) is 12.2 Å². The Kier molecular flexibility index (Phi) is 3.14. The molecule has 1 aromatic heterocycles. The Labute approximate surface area is 98.4 Å². The van der Waals surface area contributed by atoms with Crippen molar-refractivity contribution in [2.45, 2.75) is 13.5 Å². The fourth-order valence-corrected chi connectivity index (χ4v) is 1.47. The molecule has 0 saturated heterocycles. The van der Waals surface area contributed by atoms with E-state index < -0.39 is 5.97 Å². The molecule has 1 heterocycles. The molecule has 4 nitrogen and oxygen atoms in total. The molecular weight excluding hydrogens is 220 g/mol. The smallest absolute Gasteiger partial charge is 0.339 e. The summed E-state index contributed by atoms with van der Waals surface area (Å²) in [6.07, 6.45) is 1.55. The van der Waals surface area contributed by atoms with Crippen LogP contribution in [0.1, 0.15) is 21.7 Å². The Morgan fingerprint density at radius 3 is 2.88 bits per heavy atom. The predicted molar refractivity (Wildman–Crippen MR) is 61.2 cm³/mol. The first-order valence-corrected chi connectivity index (χ1v) is 5.16. The van der Waals surface area contributed by atoms with Crippen LogP contribution in [-0.4, -0.2) is 11.1 Å². The number of aromatic carboxylic acids is 1. The fourth-order valence-electron chi connectivity index (χ4n) is 1.47. The van der Waals surface area contributed by atoms with Gasteiger partial charge in [0.1, 0.15) is 23.7 Å². The van der Waals surface area contributed by atoms with E-state index in [4.69, 9.17) is 14.3 Å². The molecule has 0 aliphatic rings. The quantitative estimate of drug-likeness (QED) is 0.880. The average Bonchev–Trinajstić information content (AvgIpc) is 2.78. The summed E-state index contributed by atoms with van der Waals surface area (Å²) in [4.78, 5) is 11.0. The molecule has 0 atom stereocenters. The third-order valence-corrected chi connectivity index (χ3v) is 2.32. The average molecular weight is 232 g/mol. The molecule has 88 valence electrons. The van der Waals surface area contributed by atoms with Crippen molar-refractivity contribution in [2.75, 3.05) is 0 Å². The van der Waals surface area contributed by atoms with Crippen molar-refractivity contribution < 1.29 is 19.1 Å². The second-order valence-corrected chi connectivity index (χ2v) is 3.67. The van der Waals surface area contributed by atoms with E-state index in [1.54, 1.807) is 30.5 Å². The van der Waals surface area contributed by atoms with Crippen LogP contribution in [0.3, 0.4) is 0 Å². The first-order chi connectivity index (χ1) is 8.16. The van der Waals surface area contributed by atoms with E-state index in [0.717, 1.165) is 5.56 Å². The fraction of sp³-hybridized carbons (Fsp3) is 0.154. The van der Waals surface area contributed by atoms with Gasteiger partial charge in [-0.15, -0.1) is 0 Å². The molecule has 0 bridgehead atoms. The molecule has 17 heavy (non-hydrogen) atoms. The van der Waals surface area contributed by atoms with Gasteiger partial charge < -0.3 is 14.3 Å². The lowest BCUT2D eigenvalue weighted by molar-refractivity contribution is 0.0691. The van der Waals surface area contributed by atoms with Gasteiger partial charge in [-0.3, -0.25) is 0 Å². The van der Waals surface area contributed by atoms with Gasteiger partial charge in [-0.2, -0.15) is 0 Å². The van der Waals surface area contributed by atoms with Crippen molar-refractivity contribution in [3.05, 3.63) is 53.5 Å². The van der Waals surface area contributed by atoms with E-state index in [1.165, 1.54) is 6.07 Å². The van der Waals surface area contributed by atoms with Crippen LogP contribution in [0.2, 0.25) is 0 Å². The normalized spacial score (nSPS) is 10.2. The standard InChI is InChI=1S/C13H12O4/c1-9-4-5-11(13(14)15)12(7-9)17-8-10-3-2-6-16-10/h2-7H,8H2,1H3,(H,14,15). The number of hydrogen-bond donors (Lipinski definition) is 1. The lowest BCUT2D eigenvalue weighted by atomic mass is 10.1. The number of rotatable bonds is 4. The minimum Gasteiger partial charge on any atom is -0.485 e. The molecule has 0 amide bonds. The zero-order valence-electron chi connectivity index (χ0n) is 9.34. The SMILES string of the molecule is Cc1ccc(C(=O)O)c(OCc2ccco2)c1. The first-order valence-electron chi connectivity index (χ1n) is 5.16. The van der Waals surface area contributed by atoms with Gasteiger partial charge >= 0.3 is 5.97 Å². The highest BCUT2D eigenvalue weighted by atomic mass is 16.5. The third-order valence-electron chi connectivity index (χ3n) is 2.32. The Morgan fingerprint density at radius 1 is 1.41 bits per heavy atom. The monoisotopic (exact) mass is 232 g/mol. The number of aryl methyl sites for hydroxylation is 1. The van der Waals surface area contributed by atoms with Crippen LogP contribution in [0.25, 0.3) is 0 Å². The number of benzene rings is 1. The Morgan fingerprint density at radius 2 is 2.24 bits per heavy atom. The second-order valence-electron chi connectivity index (χ2n) is 3.67. The maximum Gasteiger partial charge on any atom is 0.339 e. The highest BCUT2D eigenvalue weighted by Crippen LogP contribution is 2.21. The van der Waals surface area contributed by atoms with Gasteiger partial charge in [0.25, 0.3) is 0 Å². The van der Waals surface area contributed by atoms with Crippen molar-refractivity contribution in [3.63, 3.8) is 0 Å². The van der Waals surface area contributed by atoms with Crippen LogP contribution in [0, 0.1) is 6.92 Å². The molecule has 2 aromatic rings. The first kappa shape index (κ1) is 11.3. The van der Waals surface area contributed by atoms with Gasteiger partial charge in [0.2, 0.25) is 0 Å². The van der Waals surface area contributed by atoms with Crippen LogP contribution < -0.4 is 4.74 Å². The molecule has 0 spiro atoms. The zero-order chi connectivity index (χ0) is 12.3. The lowest BCUT2D eigenvalue weighted by Gasteiger charge is -2.08. The van der Waals surface area contributed by atoms with Crippen LogP contribution in [0.15, 0.2) is 41.0 Å². The van der Waals surface area contributed by atoms with Crippen LogP contribution in [0.4, 0.5) is 0 Å². The second kappa shape index (κ2) is 4.74. The lowest BCUT2D eigenvalue weighted by Crippen LogP contribution is -2.03. The van der Waals surface area contributed by atoms with Gasteiger partial charge in [-0.05, 0) is 36.8 Å². The van der Waals surface area contributed by atoms with Crippen LogP contribution in [-0.2, 0) is 6.61 Å².